The second-order valence-electron chi connectivity index (χ2n) is 7.64. The van der Waals surface area contributed by atoms with Gasteiger partial charge in [0.25, 0.3) is 0 Å². The lowest BCUT2D eigenvalue weighted by molar-refractivity contribution is -0.129. The second kappa shape index (κ2) is 5.74. The van der Waals surface area contributed by atoms with Gasteiger partial charge in [0.2, 0.25) is 5.91 Å². The smallest absolute Gasteiger partial charge is 0.240 e. The minimum atomic E-state index is -0.514. The first kappa shape index (κ1) is 16.9. The monoisotopic (exact) mass is 405 g/mol. The van der Waals surface area contributed by atoms with Crippen LogP contribution in [0.5, 0.6) is 0 Å². The maximum Gasteiger partial charge on any atom is 0.240 e. The molecule has 0 N–H and O–H groups in total. The number of nitrogens with zero attached hydrogens (tertiary/aromatic N) is 3. The number of carbonyl (C=O) groups is 1. The lowest BCUT2D eigenvalue weighted by atomic mass is 9.73. The topological polar surface area (TPSA) is 36.4 Å². The molecule has 2 aliphatic heterocycles. The third-order valence-corrected chi connectivity index (χ3v) is 6.06. The lowest BCUT2D eigenvalue weighted by Crippen LogP contribution is -2.63. The molecule has 4 nitrogen and oxygen atoms in total. The lowest BCUT2D eigenvalue weighted by Gasteiger charge is -2.47. The first-order valence-electron chi connectivity index (χ1n) is 8.62. The van der Waals surface area contributed by atoms with Gasteiger partial charge in [-0.05, 0) is 40.9 Å². The van der Waals surface area contributed by atoms with Crippen LogP contribution in [0.25, 0.3) is 10.9 Å². The summed E-state index contributed by atoms with van der Waals surface area (Å²) in [7, 11) is 1.80. The Morgan fingerprint density at radius 2 is 2.08 bits per heavy atom. The number of rotatable bonds is 3. The van der Waals surface area contributed by atoms with E-state index in [-0.39, 0.29) is 11.7 Å². The van der Waals surface area contributed by atoms with Gasteiger partial charge in [-0.1, -0.05) is 13.8 Å². The molecule has 6 heteroatoms. The molecule has 0 aliphatic carbocycles. The molecule has 25 heavy (non-hydrogen) atoms. The van der Waals surface area contributed by atoms with Gasteiger partial charge in [0.05, 0.1) is 21.9 Å². The fourth-order valence-corrected chi connectivity index (χ4v) is 4.42. The van der Waals surface area contributed by atoms with Gasteiger partial charge < -0.3 is 9.80 Å². The molecule has 2 aromatic rings. The van der Waals surface area contributed by atoms with Crippen molar-refractivity contribution in [2.75, 3.05) is 31.6 Å². The predicted octanol–water partition coefficient (Wildman–Crippen LogP) is 3.71. The van der Waals surface area contributed by atoms with E-state index in [0.29, 0.717) is 15.9 Å². The van der Waals surface area contributed by atoms with Crippen LogP contribution in [-0.4, -0.2) is 42.5 Å². The summed E-state index contributed by atoms with van der Waals surface area (Å²) in [5.41, 5.74) is 1.94. The zero-order valence-electron chi connectivity index (χ0n) is 14.6. The van der Waals surface area contributed by atoms with E-state index in [1.54, 1.807) is 24.2 Å². The normalized spacial score (nSPS) is 19.1. The fourth-order valence-electron chi connectivity index (χ4n) is 4.08. The highest BCUT2D eigenvalue weighted by atomic mass is 79.9. The van der Waals surface area contributed by atoms with E-state index in [1.807, 2.05) is 0 Å². The number of anilines is 1. The molecule has 132 valence electrons. The number of fused-ring (bicyclic) bond motifs is 4. The number of hydrogen-bond donors (Lipinski definition) is 0. The summed E-state index contributed by atoms with van der Waals surface area (Å²) in [6, 6.07) is 3.20. The molecule has 0 radical (unpaired) electrons. The van der Waals surface area contributed by atoms with Crippen LogP contribution in [0.1, 0.15) is 25.8 Å². The quantitative estimate of drug-likeness (QED) is 0.780. The summed E-state index contributed by atoms with van der Waals surface area (Å²) in [4.78, 5) is 21.5. The molecule has 1 spiro atoms. The molecule has 0 unspecified atom stereocenters. The summed E-state index contributed by atoms with van der Waals surface area (Å²) in [6.45, 7) is 6.89. The maximum absolute atomic E-state index is 13.9. The highest BCUT2D eigenvalue weighted by Gasteiger charge is 2.57. The third-order valence-electron chi connectivity index (χ3n) is 5.45. The van der Waals surface area contributed by atoms with Crippen molar-refractivity contribution in [2.24, 2.45) is 5.92 Å². The molecule has 0 bridgehead atoms. The number of carbonyl (C=O) groups excluding carboxylic acids is 1. The number of aromatic nitrogens is 1. The number of pyridine rings is 1. The number of amides is 1. The predicted molar refractivity (Wildman–Crippen MR) is 100 cm³/mol. The van der Waals surface area contributed by atoms with Crippen LogP contribution in [0.4, 0.5) is 10.1 Å². The Kier molecular flexibility index (Phi) is 3.88. The Balaban J connectivity index is 1.79. The van der Waals surface area contributed by atoms with Gasteiger partial charge in [0.1, 0.15) is 11.2 Å². The Hall–Kier alpha value is -1.53. The van der Waals surface area contributed by atoms with Crippen LogP contribution in [0.2, 0.25) is 0 Å². The molecular weight excluding hydrogens is 385 g/mol. The molecule has 0 saturated carbocycles. The number of halogens is 2. The average Bonchev–Trinajstić information content (AvgIpc) is 2.75. The summed E-state index contributed by atoms with van der Waals surface area (Å²) >= 11 is 3.27. The van der Waals surface area contributed by atoms with Crippen LogP contribution in [0, 0.1) is 11.7 Å². The van der Waals surface area contributed by atoms with E-state index in [0.717, 1.165) is 42.7 Å². The van der Waals surface area contributed by atoms with Crippen molar-refractivity contribution in [2.45, 2.75) is 25.7 Å². The first-order valence-corrected chi connectivity index (χ1v) is 9.41. The first-order chi connectivity index (χ1) is 11.8. The average molecular weight is 406 g/mol. The molecule has 1 amide bonds. The van der Waals surface area contributed by atoms with Gasteiger partial charge in [-0.3, -0.25) is 9.78 Å². The molecule has 4 rings (SSSR count). The molecule has 0 atom stereocenters. The van der Waals surface area contributed by atoms with Crippen molar-refractivity contribution < 1.29 is 9.18 Å². The minimum Gasteiger partial charge on any atom is -0.313 e. The van der Waals surface area contributed by atoms with Crippen molar-refractivity contribution in [1.82, 2.24) is 9.88 Å². The van der Waals surface area contributed by atoms with Gasteiger partial charge in [0.15, 0.2) is 0 Å². The Bertz CT molecular complexity index is 877. The van der Waals surface area contributed by atoms with Crippen molar-refractivity contribution in [3.05, 3.63) is 34.2 Å². The van der Waals surface area contributed by atoms with Crippen molar-refractivity contribution in [1.29, 1.82) is 0 Å². The van der Waals surface area contributed by atoms with Gasteiger partial charge in [-0.15, -0.1) is 0 Å². The summed E-state index contributed by atoms with van der Waals surface area (Å²) in [5.74, 6) is 0.437. The highest BCUT2D eigenvalue weighted by molar-refractivity contribution is 9.10. The Morgan fingerprint density at radius 1 is 1.36 bits per heavy atom. The van der Waals surface area contributed by atoms with Crippen LogP contribution in [-0.2, 0) is 10.2 Å². The SMILES string of the molecule is CC(C)CCN1CC2(C1)C(=O)N(C)c1cnc3cc(F)c(Br)cc3c12. The van der Waals surface area contributed by atoms with Gasteiger partial charge in [0, 0.05) is 37.2 Å². The van der Waals surface area contributed by atoms with E-state index in [1.165, 1.54) is 6.07 Å². The number of likely N-dealkylation sites (N-methyl/N-ethyl adjacent to an activating group) is 1. The zero-order valence-corrected chi connectivity index (χ0v) is 16.2. The molecule has 1 aromatic carbocycles. The van der Waals surface area contributed by atoms with E-state index in [4.69, 9.17) is 0 Å². The number of hydrogen-bond acceptors (Lipinski definition) is 3. The molecule has 1 saturated heterocycles. The second-order valence-corrected chi connectivity index (χ2v) is 8.50. The van der Waals surface area contributed by atoms with E-state index in [2.05, 4.69) is 39.7 Å². The number of likely N-dealkylation sites (tertiary alicyclic amines) is 1. The molecular formula is C19H21BrFN3O. The van der Waals surface area contributed by atoms with E-state index < -0.39 is 5.41 Å². The van der Waals surface area contributed by atoms with Crippen LogP contribution in [0.3, 0.4) is 0 Å². The summed E-state index contributed by atoms with van der Waals surface area (Å²) < 4.78 is 14.3. The van der Waals surface area contributed by atoms with Crippen LogP contribution < -0.4 is 4.90 Å². The van der Waals surface area contributed by atoms with E-state index >= 15 is 0 Å². The molecule has 1 fully saturated rings. The van der Waals surface area contributed by atoms with E-state index in [9.17, 15) is 9.18 Å². The Morgan fingerprint density at radius 3 is 2.76 bits per heavy atom. The summed E-state index contributed by atoms with van der Waals surface area (Å²) in [6.07, 6.45) is 2.83. The zero-order chi connectivity index (χ0) is 17.9. The van der Waals surface area contributed by atoms with Gasteiger partial charge in [-0.25, -0.2) is 4.39 Å². The molecule has 3 heterocycles. The minimum absolute atomic E-state index is 0.123. The highest BCUT2D eigenvalue weighted by Crippen LogP contribution is 2.49. The van der Waals surface area contributed by atoms with Gasteiger partial charge in [-0.2, -0.15) is 0 Å². The molecule has 1 aromatic heterocycles. The Labute approximate surface area is 155 Å². The van der Waals surface area contributed by atoms with Crippen molar-refractivity contribution >= 4 is 38.4 Å². The number of benzene rings is 1. The standard InChI is InChI=1S/C19H21BrFN3O/c1-11(2)4-5-24-9-19(10-24)17-12-6-13(20)14(21)7-15(12)22-8-16(17)23(3)18(19)25/h6-8,11H,4-5,9-10H2,1-3H3. The fraction of sp³-hybridized carbons (Fsp3) is 0.474. The summed E-state index contributed by atoms with van der Waals surface area (Å²) in [5, 5.41) is 0.868. The van der Waals surface area contributed by atoms with Crippen LogP contribution >= 0.6 is 15.9 Å². The van der Waals surface area contributed by atoms with Crippen molar-refractivity contribution in [3.8, 4) is 0 Å². The molecule has 2 aliphatic rings. The maximum atomic E-state index is 13.9. The largest absolute Gasteiger partial charge is 0.313 e. The van der Waals surface area contributed by atoms with Gasteiger partial charge >= 0.3 is 0 Å². The van der Waals surface area contributed by atoms with Crippen molar-refractivity contribution in [3.63, 3.8) is 0 Å². The van der Waals surface area contributed by atoms with Crippen LogP contribution in [0.15, 0.2) is 22.8 Å². The third kappa shape index (κ3) is 2.41.